The molecular weight excluding hydrogens is 495 g/mol. The van der Waals surface area contributed by atoms with E-state index in [1.54, 1.807) is 0 Å². The number of aliphatic hydroxyl groups excluding tert-OH is 1. The van der Waals surface area contributed by atoms with Crippen LogP contribution in [0, 0.1) is 5.82 Å². The highest BCUT2D eigenvalue weighted by molar-refractivity contribution is 6.30. The molecule has 3 rings (SSSR count). The predicted molar refractivity (Wildman–Crippen MR) is 128 cm³/mol. The lowest BCUT2D eigenvalue weighted by atomic mass is 10.1. The Balaban J connectivity index is 1.80. The van der Waals surface area contributed by atoms with E-state index in [0.717, 1.165) is 4.90 Å². The molecule has 0 aliphatic rings. The molecule has 1 heterocycles. The van der Waals surface area contributed by atoms with Gasteiger partial charge >= 0.3 is 0 Å². The minimum Gasteiger partial charge on any atom is -0.394 e. The van der Waals surface area contributed by atoms with Crippen LogP contribution in [0.5, 0.6) is 0 Å². The van der Waals surface area contributed by atoms with Crippen LogP contribution < -0.4 is 16.8 Å². The van der Waals surface area contributed by atoms with Crippen LogP contribution in [0.1, 0.15) is 33.3 Å². The van der Waals surface area contributed by atoms with E-state index in [9.17, 15) is 28.7 Å². The molecule has 13 heteroatoms. The summed E-state index contributed by atoms with van der Waals surface area (Å²) in [5.74, 6) is -3.45. The topological polar surface area (TPSA) is 174 Å². The summed E-state index contributed by atoms with van der Waals surface area (Å²) in [6, 6.07) is 7.86. The normalized spacial score (nSPS) is 11.8. The lowest BCUT2D eigenvalue weighted by Crippen LogP contribution is -2.47. The molecule has 0 spiro atoms. The number of hydrogen-bond donors (Lipinski definition) is 4. The first kappa shape index (κ1) is 26.6. The first-order valence-corrected chi connectivity index (χ1v) is 11.1. The lowest BCUT2D eigenvalue weighted by Gasteiger charge is -2.27. The molecule has 6 N–H and O–H groups in total. The third-order valence-corrected chi connectivity index (χ3v) is 5.78. The minimum atomic E-state index is -0.874. The number of carbonyl (C=O) groups excluding carboxylic acids is 4. The maximum Gasteiger partial charge on any atom is 0.269 e. The van der Waals surface area contributed by atoms with E-state index in [1.807, 2.05) is 0 Å². The van der Waals surface area contributed by atoms with Crippen molar-refractivity contribution in [1.82, 2.24) is 20.0 Å². The maximum atomic E-state index is 14.1. The monoisotopic (exact) mass is 518 g/mol. The van der Waals surface area contributed by atoms with Gasteiger partial charge in [0, 0.05) is 23.1 Å². The number of nitrogens with zero attached hydrogens (tertiary/aromatic N) is 3. The van der Waals surface area contributed by atoms with Gasteiger partial charge in [0.25, 0.3) is 5.91 Å². The van der Waals surface area contributed by atoms with E-state index < -0.39 is 55.2 Å². The van der Waals surface area contributed by atoms with Crippen molar-refractivity contribution in [2.24, 2.45) is 11.5 Å². The molecule has 0 fully saturated rings. The van der Waals surface area contributed by atoms with Gasteiger partial charge in [-0.1, -0.05) is 23.7 Å². The molecule has 190 valence electrons. The van der Waals surface area contributed by atoms with Gasteiger partial charge in [0.05, 0.1) is 29.7 Å². The van der Waals surface area contributed by atoms with Gasteiger partial charge in [-0.05, 0) is 31.2 Å². The Morgan fingerprint density at radius 2 is 1.92 bits per heavy atom. The fourth-order valence-electron chi connectivity index (χ4n) is 3.53. The molecule has 0 saturated heterocycles. The molecule has 11 nitrogen and oxygen atoms in total. The Kier molecular flexibility index (Phi) is 8.22. The second kappa shape index (κ2) is 11.1. The average molecular weight is 519 g/mol. The minimum absolute atomic E-state index is 0.0859. The number of nitrogens with two attached hydrogens (primary N) is 2. The van der Waals surface area contributed by atoms with Gasteiger partial charge in [-0.3, -0.25) is 23.9 Å². The maximum absolute atomic E-state index is 14.1. The summed E-state index contributed by atoms with van der Waals surface area (Å²) in [4.78, 5) is 50.2. The molecule has 0 aliphatic carbocycles. The fourth-order valence-corrected chi connectivity index (χ4v) is 3.73. The number of benzene rings is 2. The molecule has 3 aromatic rings. The molecule has 2 aromatic carbocycles. The predicted octanol–water partition coefficient (Wildman–Crippen LogP) is 0.552. The van der Waals surface area contributed by atoms with Crippen molar-refractivity contribution in [2.45, 2.75) is 26.1 Å². The van der Waals surface area contributed by atoms with Gasteiger partial charge in [0.1, 0.15) is 12.4 Å². The van der Waals surface area contributed by atoms with Crippen molar-refractivity contribution >= 4 is 46.1 Å². The highest BCUT2D eigenvalue weighted by Gasteiger charge is 2.25. The number of aromatic nitrogens is 2. The van der Waals surface area contributed by atoms with Crippen molar-refractivity contribution in [2.75, 3.05) is 13.2 Å². The van der Waals surface area contributed by atoms with E-state index >= 15 is 0 Å². The van der Waals surface area contributed by atoms with Crippen LogP contribution in [-0.4, -0.2) is 62.6 Å². The summed E-state index contributed by atoms with van der Waals surface area (Å²) >= 11 is 5.75. The van der Waals surface area contributed by atoms with Crippen LogP contribution in [-0.2, 0) is 22.7 Å². The van der Waals surface area contributed by atoms with Crippen LogP contribution in [0.4, 0.5) is 4.39 Å². The fraction of sp³-hybridized carbons (Fsp3) is 0.261. The van der Waals surface area contributed by atoms with Crippen molar-refractivity contribution < 1.29 is 28.7 Å². The number of aliphatic hydroxyl groups is 1. The number of nitrogens with one attached hydrogen (secondary N) is 1. The van der Waals surface area contributed by atoms with Gasteiger partial charge in [0.15, 0.2) is 5.69 Å². The summed E-state index contributed by atoms with van der Waals surface area (Å²) in [6.07, 6.45) is 0. The molecule has 0 saturated carbocycles. The standard InChI is InChI=1S/C23H24ClFN6O5/c1-12(11-32)30(9-18(33)28-8-14-3-2-4-16(24)20(14)25)19(34)10-31-17-6-5-13(22(26)35)7-15(17)21(29-31)23(27)36/h2-7,12,32H,8-11H2,1H3,(H2,26,35)(H2,27,36)(H,28,33). The Morgan fingerprint density at radius 1 is 1.19 bits per heavy atom. The molecule has 1 unspecified atom stereocenters. The van der Waals surface area contributed by atoms with Gasteiger partial charge in [-0.2, -0.15) is 5.10 Å². The first-order chi connectivity index (χ1) is 17.0. The van der Waals surface area contributed by atoms with E-state index in [1.165, 1.54) is 48.0 Å². The van der Waals surface area contributed by atoms with Crippen LogP contribution in [0.15, 0.2) is 36.4 Å². The van der Waals surface area contributed by atoms with Gasteiger partial charge in [-0.25, -0.2) is 4.39 Å². The third-order valence-electron chi connectivity index (χ3n) is 5.49. The zero-order valence-corrected chi connectivity index (χ0v) is 20.0. The Hall–Kier alpha value is -4.03. The number of primary amides is 2. The SMILES string of the molecule is CC(CO)N(CC(=O)NCc1cccc(Cl)c1F)C(=O)Cn1nc(C(N)=O)c2cc(C(N)=O)ccc21. The zero-order valence-electron chi connectivity index (χ0n) is 19.2. The molecule has 1 aromatic heterocycles. The molecule has 0 radical (unpaired) electrons. The first-order valence-electron chi connectivity index (χ1n) is 10.7. The highest BCUT2D eigenvalue weighted by atomic mass is 35.5. The Labute approximate surface area is 209 Å². The van der Waals surface area contributed by atoms with Gasteiger partial charge in [-0.15, -0.1) is 0 Å². The molecule has 1 atom stereocenters. The number of amides is 4. The van der Waals surface area contributed by atoms with Crippen molar-refractivity contribution in [3.63, 3.8) is 0 Å². The van der Waals surface area contributed by atoms with E-state index in [2.05, 4.69) is 10.4 Å². The molecule has 0 aliphatic heterocycles. The van der Waals surface area contributed by atoms with E-state index in [-0.39, 0.29) is 33.8 Å². The Bertz CT molecular complexity index is 1340. The molecule has 4 amide bonds. The smallest absolute Gasteiger partial charge is 0.269 e. The molecule has 36 heavy (non-hydrogen) atoms. The zero-order chi connectivity index (χ0) is 26.6. The van der Waals surface area contributed by atoms with Crippen LogP contribution in [0.25, 0.3) is 10.9 Å². The van der Waals surface area contributed by atoms with Crippen LogP contribution in [0.2, 0.25) is 5.02 Å². The average Bonchev–Trinajstić information content (AvgIpc) is 3.20. The summed E-state index contributed by atoms with van der Waals surface area (Å²) in [5, 5.41) is 16.4. The number of hydrogen-bond acceptors (Lipinski definition) is 6. The van der Waals surface area contributed by atoms with Crippen LogP contribution >= 0.6 is 11.6 Å². The highest BCUT2D eigenvalue weighted by Crippen LogP contribution is 2.21. The second-order valence-electron chi connectivity index (χ2n) is 8.01. The number of halogens is 2. The number of rotatable bonds is 10. The second-order valence-corrected chi connectivity index (χ2v) is 8.42. The lowest BCUT2D eigenvalue weighted by molar-refractivity contribution is -0.139. The molecular formula is C23H24ClFN6O5. The summed E-state index contributed by atoms with van der Waals surface area (Å²) in [6.45, 7) is 0.110. The number of carbonyl (C=O) groups is 4. The van der Waals surface area contributed by atoms with Gasteiger partial charge < -0.3 is 26.8 Å². The van der Waals surface area contributed by atoms with Crippen LogP contribution in [0.3, 0.4) is 0 Å². The van der Waals surface area contributed by atoms with Gasteiger partial charge in [0.2, 0.25) is 17.7 Å². The summed E-state index contributed by atoms with van der Waals surface area (Å²) in [7, 11) is 0. The largest absolute Gasteiger partial charge is 0.394 e. The molecule has 0 bridgehead atoms. The Morgan fingerprint density at radius 3 is 2.56 bits per heavy atom. The van der Waals surface area contributed by atoms with Crippen molar-refractivity contribution in [3.05, 3.63) is 64.1 Å². The van der Waals surface area contributed by atoms with Crippen molar-refractivity contribution in [1.29, 1.82) is 0 Å². The third kappa shape index (κ3) is 5.78. The quantitative estimate of drug-likeness (QED) is 0.305. The summed E-state index contributed by atoms with van der Waals surface area (Å²) in [5.41, 5.74) is 11.2. The van der Waals surface area contributed by atoms with Crippen molar-refractivity contribution in [3.8, 4) is 0 Å². The van der Waals surface area contributed by atoms with E-state index in [0.29, 0.717) is 5.52 Å². The summed E-state index contributed by atoms with van der Waals surface area (Å²) < 4.78 is 15.3. The number of fused-ring (bicyclic) bond motifs is 1. The van der Waals surface area contributed by atoms with E-state index in [4.69, 9.17) is 23.1 Å².